The van der Waals surface area contributed by atoms with E-state index in [2.05, 4.69) is 16.8 Å². The van der Waals surface area contributed by atoms with Gasteiger partial charge in [0.15, 0.2) is 0 Å². The molecule has 0 saturated carbocycles. The van der Waals surface area contributed by atoms with E-state index in [4.69, 9.17) is 0 Å². The second-order valence-corrected chi connectivity index (χ2v) is 5.17. The number of fused-ring (bicyclic) bond motifs is 1. The summed E-state index contributed by atoms with van der Waals surface area (Å²) in [5.41, 5.74) is 2.77. The number of aliphatic hydroxyl groups excluding tert-OH is 1. The second-order valence-electron chi connectivity index (χ2n) is 5.17. The molecule has 2 aliphatic rings. The highest BCUT2D eigenvalue weighted by Crippen LogP contribution is 2.37. The first kappa shape index (κ1) is 12.4. The van der Waals surface area contributed by atoms with Crippen LogP contribution in [0, 0.1) is 0 Å². The van der Waals surface area contributed by atoms with Crippen LogP contribution in [0.3, 0.4) is 0 Å². The Balaban J connectivity index is 1.93. The lowest BCUT2D eigenvalue weighted by atomic mass is 10.0. The van der Waals surface area contributed by atoms with Gasteiger partial charge in [0.05, 0.1) is 5.69 Å². The summed E-state index contributed by atoms with van der Waals surface area (Å²) in [6.45, 7) is 5.59. The molecule has 100 valence electrons. The summed E-state index contributed by atoms with van der Waals surface area (Å²) in [5, 5.41) is 13.3. The molecule has 1 aromatic carbocycles. The van der Waals surface area contributed by atoms with E-state index in [1.54, 1.807) is 0 Å². The average molecular weight is 258 g/mol. The summed E-state index contributed by atoms with van der Waals surface area (Å²) >= 11 is 0. The van der Waals surface area contributed by atoms with Crippen LogP contribution < -0.4 is 5.32 Å². The minimum Gasteiger partial charge on any atom is -0.374 e. The molecule has 4 heteroatoms. The predicted molar refractivity (Wildman–Crippen MR) is 74.5 cm³/mol. The summed E-state index contributed by atoms with van der Waals surface area (Å²) in [7, 11) is 0. The number of para-hydroxylation sites is 1. The van der Waals surface area contributed by atoms with E-state index in [0.717, 1.165) is 42.7 Å². The first-order valence-electron chi connectivity index (χ1n) is 6.74. The van der Waals surface area contributed by atoms with E-state index < -0.39 is 6.23 Å². The standard InChI is InChI=1S/C15H18N2O2/c1-10-11-6-5-7-12(13(11)16-14(10)18)15(19)17-8-3-2-4-9-17/h5-7,15,19H,1-4,8-9H2,(H,16,18). The smallest absolute Gasteiger partial charge is 0.255 e. The number of nitrogens with zero attached hydrogens (tertiary/aromatic N) is 1. The molecule has 2 heterocycles. The number of aliphatic hydroxyl groups is 1. The number of carbonyl (C=O) groups excluding carboxylic acids is 1. The van der Waals surface area contributed by atoms with Gasteiger partial charge in [0.1, 0.15) is 6.23 Å². The van der Waals surface area contributed by atoms with Gasteiger partial charge in [-0.3, -0.25) is 9.69 Å². The lowest BCUT2D eigenvalue weighted by Crippen LogP contribution is -2.33. The SMILES string of the molecule is C=C1C(=O)Nc2c1cccc2C(O)N1CCCCC1. The van der Waals surface area contributed by atoms with Crippen LogP contribution >= 0.6 is 0 Å². The molecule has 2 aliphatic heterocycles. The fraction of sp³-hybridized carbons (Fsp3) is 0.400. The van der Waals surface area contributed by atoms with Gasteiger partial charge in [0.25, 0.3) is 5.91 Å². The molecule has 0 radical (unpaired) electrons. The lowest BCUT2D eigenvalue weighted by Gasteiger charge is -2.32. The molecule has 1 saturated heterocycles. The molecule has 2 N–H and O–H groups in total. The van der Waals surface area contributed by atoms with Crippen LogP contribution in [0.1, 0.15) is 36.6 Å². The van der Waals surface area contributed by atoms with Gasteiger partial charge in [-0.2, -0.15) is 0 Å². The Morgan fingerprint density at radius 2 is 2.00 bits per heavy atom. The Morgan fingerprint density at radius 3 is 2.74 bits per heavy atom. The number of benzene rings is 1. The molecule has 0 bridgehead atoms. The molecule has 0 spiro atoms. The maximum absolute atomic E-state index is 11.7. The van der Waals surface area contributed by atoms with Crippen molar-refractivity contribution in [3.63, 3.8) is 0 Å². The Labute approximate surface area is 112 Å². The Bertz CT molecular complexity index is 533. The molecular weight excluding hydrogens is 240 g/mol. The van der Waals surface area contributed by atoms with E-state index in [0.29, 0.717) is 5.57 Å². The van der Waals surface area contributed by atoms with Gasteiger partial charge in [-0.25, -0.2) is 0 Å². The van der Waals surface area contributed by atoms with Crippen molar-refractivity contribution in [2.24, 2.45) is 0 Å². The molecule has 1 atom stereocenters. The van der Waals surface area contributed by atoms with Gasteiger partial charge in [0, 0.05) is 29.8 Å². The number of amides is 1. The molecule has 0 aliphatic carbocycles. The highest BCUT2D eigenvalue weighted by molar-refractivity contribution is 6.31. The fourth-order valence-corrected chi connectivity index (χ4v) is 2.85. The minimum absolute atomic E-state index is 0.173. The maximum Gasteiger partial charge on any atom is 0.255 e. The van der Waals surface area contributed by atoms with Gasteiger partial charge in [-0.15, -0.1) is 0 Å². The normalized spacial score (nSPS) is 21.1. The lowest BCUT2D eigenvalue weighted by molar-refractivity contribution is -0.110. The maximum atomic E-state index is 11.7. The van der Waals surface area contributed by atoms with Crippen molar-refractivity contribution in [1.29, 1.82) is 0 Å². The third-order valence-electron chi connectivity index (χ3n) is 3.95. The third kappa shape index (κ3) is 2.07. The Hall–Kier alpha value is -1.65. The van der Waals surface area contributed by atoms with E-state index >= 15 is 0 Å². The zero-order valence-corrected chi connectivity index (χ0v) is 10.9. The van der Waals surface area contributed by atoms with Crippen LogP contribution in [-0.2, 0) is 4.79 Å². The van der Waals surface area contributed by atoms with Crippen LogP contribution in [0.15, 0.2) is 24.8 Å². The van der Waals surface area contributed by atoms with Crippen molar-refractivity contribution in [3.05, 3.63) is 35.9 Å². The zero-order chi connectivity index (χ0) is 13.4. The molecule has 1 fully saturated rings. The summed E-state index contributed by atoms with van der Waals surface area (Å²) in [6, 6.07) is 5.60. The highest BCUT2D eigenvalue weighted by Gasteiger charge is 2.29. The van der Waals surface area contributed by atoms with Gasteiger partial charge < -0.3 is 10.4 Å². The predicted octanol–water partition coefficient (Wildman–Crippen LogP) is 2.13. The van der Waals surface area contributed by atoms with Gasteiger partial charge in [0.2, 0.25) is 0 Å². The summed E-state index contributed by atoms with van der Waals surface area (Å²) in [5.74, 6) is -0.173. The van der Waals surface area contributed by atoms with Crippen LogP contribution in [0.5, 0.6) is 0 Å². The molecule has 1 unspecified atom stereocenters. The molecule has 1 aromatic rings. The summed E-state index contributed by atoms with van der Waals surface area (Å²) < 4.78 is 0. The minimum atomic E-state index is -0.651. The van der Waals surface area contributed by atoms with Gasteiger partial charge in [-0.1, -0.05) is 31.2 Å². The van der Waals surface area contributed by atoms with Crippen molar-refractivity contribution in [3.8, 4) is 0 Å². The van der Waals surface area contributed by atoms with Crippen LogP contribution in [0.25, 0.3) is 5.57 Å². The number of hydrogen-bond acceptors (Lipinski definition) is 3. The van der Waals surface area contributed by atoms with Crippen LogP contribution in [0.4, 0.5) is 5.69 Å². The number of hydrogen-bond donors (Lipinski definition) is 2. The topological polar surface area (TPSA) is 52.6 Å². The number of nitrogens with one attached hydrogen (secondary N) is 1. The quantitative estimate of drug-likeness (QED) is 0.799. The Morgan fingerprint density at radius 1 is 1.26 bits per heavy atom. The van der Waals surface area contributed by atoms with Crippen LogP contribution in [-0.4, -0.2) is 29.0 Å². The van der Waals surface area contributed by atoms with Crippen molar-refractivity contribution in [2.75, 3.05) is 18.4 Å². The number of rotatable bonds is 2. The first-order chi connectivity index (χ1) is 9.18. The van der Waals surface area contributed by atoms with E-state index in [9.17, 15) is 9.90 Å². The van der Waals surface area contributed by atoms with Crippen molar-refractivity contribution in [1.82, 2.24) is 4.90 Å². The Kier molecular flexibility index (Phi) is 3.12. The third-order valence-corrected chi connectivity index (χ3v) is 3.95. The van der Waals surface area contributed by atoms with Crippen LogP contribution in [0.2, 0.25) is 0 Å². The number of piperidine rings is 1. The van der Waals surface area contributed by atoms with E-state index in [1.165, 1.54) is 6.42 Å². The van der Waals surface area contributed by atoms with Crippen molar-refractivity contribution < 1.29 is 9.90 Å². The van der Waals surface area contributed by atoms with Crippen molar-refractivity contribution >= 4 is 17.2 Å². The molecule has 3 rings (SSSR count). The number of carbonyl (C=O) groups is 1. The van der Waals surface area contributed by atoms with Crippen molar-refractivity contribution in [2.45, 2.75) is 25.5 Å². The largest absolute Gasteiger partial charge is 0.374 e. The van der Waals surface area contributed by atoms with E-state index in [-0.39, 0.29) is 5.91 Å². The van der Waals surface area contributed by atoms with Gasteiger partial charge in [-0.05, 0) is 12.8 Å². The number of likely N-dealkylation sites (tertiary alicyclic amines) is 1. The van der Waals surface area contributed by atoms with E-state index in [1.807, 2.05) is 18.2 Å². The zero-order valence-electron chi connectivity index (χ0n) is 10.9. The fourth-order valence-electron chi connectivity index (χ4n) is 2.85. The molecule has 1 amide bonds. The number of anilines is 1. The molecule has 19 heavy (non-hydrogen) atoms. The molecular formula is C15H18N2O2. The molecule has 4 nitrogen and oxygen atoms in total. The molecule has 0 aromatic heterocycles. The second kappa shape index (κ2) is 4.79. The first-order valence-corrected chi connectivity index (χ1v) is 6.74. The average Bonchev–Trinajstić information content (AvgIpc) is 2.75. The monoisotopic (exact) mass is 258 g/mol. The highest BCUT2D eigenvalue weighted by atomic mass is 16.3. The summed E-state index contributed by atoms with van der Waals surface area (Å²) in [4.78, 5) is 13.7. The van der Waals surface area contributed by atoms with Gasteiger partial charge >= 0.3 is 0 Å². The summed E-state index contributed by atoms with van der Waals surface area (Å²) in [6.07, 6.45) is 2.81.